The Hall–Kier alpha value is -0.970. The fourth-order valence-corrected chi connectivity index (χ4v) is 1.23. The van der Waals surface area contributed by atoms with Gasteiger partial charge in [0.2, 0.25) is 0 Å². The average Bonchev–Trinajstić information content (AvgIpc) is 1.95. The fraction of sp³-hybridized carbons (Fsp3) is 0.333. The molecule has 0 aliphatic heterocycles. The lowest BCUT2D eigenvalue weighted by Gasteiger charge is -1.93. The van der Waals surface area contributed by atoms with Crippen molar-refractivity contribution in [2.75, 3.05) is 6.26 Å². The van der Waals surface area contributed by atoms with Gasteiger partial charge in [0, 0.05) is 17.5 Å². The number of aromatic amines is 2. The summed E-state index contributed by atoms with van der Waals surface area (Å²) < 4.78 is 0. The molecule has 0 aliphatic rings. The van der Waals surface area contributed by atoms with Crippen LogP contribution in [0.25, 0.3) is 0 Å². The van der Waals surface area contributed by atoms with Crippen LogP contribution in [0, 0.1) is 0 Å². The standard InChI is InChI=1S/C6H8N2O2S/c1-11-3-4-2-7-6(10)8-5(4)9/h2H,3H2,1H3,(H2,7,8,9,10). The highest BCUT2D eigenvalue weighted by Crippen LogP contribution is 2.00. The van der Waals surface area contributed by atoms with E-state index in [4.69, 9.17) is 0 Å². The van der Waals surface area contributed by atoms with Gasteiger partial charge in [-0.05, 0) is 6.26 Å². The van der Waals surface area contributed by atoms with Crippen LogP contribution in [0.5, 0.6) is 0 Å². The third-order valence-corrected chi connectivity index (χ3v) is 1.80. The van der Waals surface area contributed by atoms with E-state index in [1.165, 1.54) is 18.0 Å². The maximum absolute atomic E-state index is 10.9. The first-order valence-corrected chi connectivity index (χ1v) is 4.43. The number of nitrogens with one attached hydrogen (secondary N) is 2. The molecule has 0 bridgehead atoms. The predicted molar refractivity (Wildman–Crippen MR) is 44.9 cm³/mol. The van der Waals surface area contributed by atoms with Gasteiger partial charge in [0.25, 0.3) is 5.56 Å². The van der Waals surface area contributed by atoms with Crippen LogP contribution in [0.15, 0.2) is 15.8 Å². The Bertz CT molecular complexity index is 341. The number of rotatable bonds is 2. The second-order valence-corrected chi connectivity index (χ2v) is 2.90. The van der Waals surface area contributed by atoms with Crippen molar-refractivity contribution in [2.24, 2.45) is 0 Å². The molecule has 1 aromatic rings. The zero-order valence-electron chi connectivity index (χ0n) is 6.01. The van der Waals surface area contributed by atoms with E-state index in [1.54, 1.807) is 0 Å². The molecule has 0 spiro atoms. The zero-order valence-corrected chi connectivity index (χ0v) is 6.83. The second kappa shape index (κ2) is 3.43. The maximum atomic E-state index is 10.9. The monoisotopic (exact) mass is 172 g/mol. The van der Waals surface area contributed by atoms with Gasteiger partial charge < -0.3 is 4.98 Å². The molecule has 4 nitrogen and oxygen atoms in total. The quantitative estimate of drug-likeness (QED) is 0.656. The Kier molecular flexibility index (Phi) is 2.53. The Balaban J connectivity index is 3.10. The molecule has 11 heavy (non-hydrogen) atoms. The minimum Gasteiger partial charge on any atom is -0.314 e. The van der Waals surface area contributed by atoms with Crippen molar-refractivity contribution in [2.45, 2.75) is 5.75 Å². The highest BCUT2D eigenvalue weighted by atomic mass is 32.2. The van der Waals surface area contributed by atoms with E-state index in [2.05, 4.69) is 9.97 Å². The van der Waals surface area contributed by atoms with Crippen LogP contribution in [-0.2, 0) is 5.75 Å². The molecule has 0 saturated carbocycles. The first-order valence-electron chi connectivity index (χ1n) is 3.04. The Labute approximate surface area is 67.0 Å². The largest absolute Gasteiger partial charge is 0.325 e. The summed E-state index contributed by atoms with van der Waals surface area (Å²) in [6.45, 7) is 0. The minimum absolute atomic E-state index is 0.303. The van der Waals surface area contributed by atoms with Crippen molar-refractivity contribution < 1.29 is 0 Å². The Morgan fingerprint density at radius 3 is 2.82 bits per heavy atom. The van der Waals surface area contributed by atoms with E-state index in [0.717, 1.165) is 0 Å². The summed E-state index contributed by atoms with van der Waals surface area (Å²) in [6, 6.07) is 0. The molecular formula is C6H8N2O2S. The smallest absolute Gasteiger partial charge is 0.314 e. The fourth-order valence-electron chi connectivity index (χ4n) is 0.700. The Morgan fingerprint density at radius 2 is 2.27 bits per heavy atom. The predicted octanol–water partition coefficient (Wildman–Crippen LogP) is -0.0738. The van der Waals surface area contributed by atoms with Gasteiger partial charge in [0.05, 0.1) is 0 Å². The van der Waals surface area contributed by atoms with Gasteiger partial charge in [-0.3, -0.25) is 9.78 Å². The molecule has 60 valence electrons. The van der Waals surface area contributed by atoms with Crippen LogP contribution in [-0.4, -0.2) is 16.2 Å². The lowest BCUT2D eigenvalue weighted by molar-refractivity contribution is 1.00. The number of aromatic nitrogens is 2. The van der Waals surface area contributed by atoms with Crippen LogP contribution < -0.4 is 11.2 Å². The molecule has 0 amide bonds. The number of hydrogen-bond donors (Lipinski definition) is 2. The SMILES string of the molecule is CSCc1c[nH]c(=O)[nH]c1=O. The summed E-state index contributed by atoms with van der Waals surface area (Å²) in [5.41, 5.74) is -0.167. The summed E-state index contributed by atoms with van der Waals surface area (Å²) in [5, 5.41) is 0. The van der Waals surface area contributed by atoms with Gasteiger partial charge in [-0.1, -0.05) is 0 Å². The summed E-state index contributed by atoms with van der Waals surface area (Å²) in [4.78, 5) is 26.0. The normalized spacial score (nSPS) is 9.91. The second-order valence-electron chi connectivity index (χ2n) is 2.03. The van der Waals surface area contributed by atoms with E-state index in [0.29, 0.717) is 11.3 Å². The lowest BCUT2D eigenvalue weighted by Crippen LogP contribution is -2.23. The highest BCUT2D eigenvalue weighted by molar-refractivity contribution is 7.97. The molecule has 1 rings (SSSR count). The maximum Gasteiger partial charge on any atom is 0.325 e. The first-order chi connectivity index (χ1) is 5.24. The van der Waals surface area contributed by atoms with E-state index >= 15 is 0 Å². The molecule has 1 aromatic heterocycles. The van der Waals surface area contributed by atoms with Crippen LogP contribution in [0.4, 0.5) is 0 Å². The Morgan fingerprint density at radius 1 is 1.55 bits per heavy atom. The highest BCUT2D eigenvalue weighted by Gasteiger charge is 1.96. The van der Waals surface area contributed by atoms with Crippen molar-refractivity contribution in [1.29, 1.82) is 0 Å². The minimum atomic E-state index is -0.458. The van der Waals surface area contributed by atoms with Crippen molar-refractivity contribution in [1.82, 2.24) is 9.97 Å². The molecule has 0 radical (unpaired) electrons. The molecule has 0 aliphatic carbocycles. The van der Waals surface area contributed by atoms with E-state index < -0.39 is 5.69 Å². The molecule has 0 saturated heterocycles. The topological polar surface area (TPSA) is 65.7 Å². The first kappa shape index (κ1) is 8.13. The van der Waals surface area contributed by atoms with Gasteiger partial charge >= 0.3 is 5.69 Å². The van der Waals surface area contributed by atoms with Crippen LogP contribution in [0.2, 0.25) is 0 Å². The van der Waals surface area contributed by atoms with Crippen LogP contribution in [0.1, 0.15) is 5.56 Å². The summed E-state index contributed by atoms with van der Waals surface area (Å²) in [5.74, 6) is 0.617. The number of H-pyrrole nitrogens is 2. The lowest BCUT2D eigenvalue weighted by atomic mass is 10.4. The van der Waals surface area contributed by atoms with Gasteiger partial charge in [-0.25, -0.2) is 4.79 Å². The van der Waals surface area contributed by atoms with Crippen LogP contribution >= 0.6 is 11.8 Å². The zero-order chi connectivity index (χ0) is 8.27. The summed E-state index contributed by atoms with van der Waals surface area (Å²) in [7, 11) is 0. The van der Waals surface area contributed by atoms with Gasteiger partial charge in [0.1, 0.15) is 0 Å². The molecule has 0 unspecified atom stereocenters. The molecule has 0 atom stereocenters. The van der Waals surface area contributed by atoms with Crippen molar-refractivity contribution in [3.8, 4) is 0 Å². The van der Waals surface area contributed by atoms with Crippen molar-refractivity contribution in [3.63, 3.8) is 0 Å². The number of hydrogen-bond acceptors (Lipinski definition) is 3. The van der Waals surface area contributed by atoms with E-state index in [9.17, 15) is 9.59 Å². The summed E-state index contributed by atoms with van der Waals surface area (Å²) >= 11 is 1.53. The van der Waals surface area contributed by atoms with E-state index in [1.807, 2.05) is 6.26 Å². The third-order valence-electron chi connectivity index (χ3n) is 1.20. The number of thioether (sulfide) groups is 1. The third kappa shape index (κ3) is 1.98. The molecule has 5 heteroatoms. The van der Waals surface area contributed by atoms with Crippen LogP contribution in [0.3, 0.4) is 0 Å². The van der Waals surface area contributed by atoms with Gasteiger partial charge in [-0.15, -0.1) is 0 Å². The average molecular weight is 172 g/mol. The van der Waals surface area contributed by atoms with Crippen molar-refractivity contribution >= 4 is 11.8 Å². The van der Waals surface area contributed by atoms with Gasteiger partial charge in [-0.2, -0.15) is 11.8 Å². The molecular weight excluding hydrogens is 164 g/mol. The van der Waals surface area contributed by atoms with Crippen molar-refractivity contribution in [3.05, 3.63) is 32.6 Å². The molecule has 0 aromatic carbocycles. The van der Waals surface area contributed by atoms with Gasteiger partial charge in [0.15, 0.2) is 0 Å². The molecule has 2 N–H and O–H groups in total. The molecule has 1 heterocycles. The summed E-state index contributed by atoms with van der Waals surface area (Å²) in [6.07, 6.45) is 3.34. The molecule has 0 fully saturated rings. The van der Waals surface area contributed by atoms with E-state index in [-0.39, 0.29) is 5.56 Å².